The van der Waals surface area contributed by atoms with Crippen molar-refractivity contribution in [1.29, 1.82) is 5.41 Å². The molecule has 20 heavy (non-hydrogen) atoms. The number of nitrogens with one attached hydrogen (secondary N) is 2. The number of hydrogen-bond donors (Lipinski definition) is 3. The van der Waals surface area contributed by atoms with Gasteiger partial charge >= 0.3 is 5.69 Å². The number of nitrogens with two attached hydrogens (primary N) is 1. The smallest absolute Gasteiger partial charge is 0.327 e. The lowest BCUT2D eigenvalue weighted by Crippen LogP contribution is -2.15. The zero-order chi connectivity index (χ0) is 14.3. The number of imidazole rings is 1. The van der Waals surface area contributed by atoms with Crippen LogP contribution in [0.4, 0.5) is 0 Å². The number of aromatic nitrogens is 5. The minimum absolute atomic E-state index is 0.201. The molecule has 0 aliphatic rings. The number of hydrogen-bond acceptors (Lipinski definition) is 5. The normalized spacial score (nSPS) is 10.8. The molecule has 0 aromatic carbocycles. The molecule has 0 fully saturated rings. The molecule has 0 amide bonds. The number of nitrogen functional groups attached to an aromatic ring is 1. The van der Waals surface area contributed by atoms with E-state index < -0.39 is 0 Å². The quantitative estimate of drug-likeness (QED) is 0.446. The Labute approximate surface area is 112 Å². The van der Waals surface area contributed by atoms with Crippen LogP contribution in [-0.4, -0.2) is 30.3 Å². The number of H-pyrrole nitrogens is 1. The maximum atomic E-state index is 11.7. The first-order valence-electron chi connectivity index (χ1n) is 5.79. The van der Waals surface area contributed by atoms with Gasteiger partial charge in [0.1, 0.15) is 17.0 Å². The Morgan fingerprint density at radius 1 is 1.45 bits per heavy atom. The van der Waals surface area contributed by atoms with Crippen LogP contribution < -0.4 is 11.4 Å². The predicted octanol–water partition coefficient (Wildman–Crippen LogP) is 0.00267. The van der Waals surface area contributed by atoms with Crippen LogP contribution in [0.15, 0.2) is 29.3 Å². The Morgan fingerprint density at radius 3 is 2.90 bits per heavy atom. The van der Waals surface area contributed by atoms with E-state index in [2.05, 4.69) is 19.9 Å². The maximum absolute atomic E-state index is 11.7. The molecule has 8 heteroatoms. The average Bonchev–Trinajstić information content (AvgIpc) is 2.74. The molecule has 3 heterocycles. The maximum Gasteiger partial charge on any atom is 0.327 e. The van der Waals surface area contributed by atoms with Gasteiger partial charge in [-0.3, -0.25) is 15.0 Å². The fourth-order valence-corrected chi connectivity index (χ4v) is 1.91. The van der Waals surface area contributed by atoms with Gasteiger partial charge in [0.25, 0.3) is 0 Å². The van der Waals surface area contributed by atoms with Crippen LogP contribution in [0.3, 0.4) is 0 Å². The summed E-state index contributed by atoms with van der Waals surface area (Å²) in [7, 11) is 1.59. The zero-order valence-corrected chi connectivity index (χ0v) is 10.6. The van der Waals surface area contributed by atoms with Crippen molar-refractivity contribution in [2.24, 2.45) is 12.8 Å². The first-order valence-corrected chi connectivity index (χ1v) is 5.79. The van der Waals surface area contributed by atoms with Crippen LogP contribution in [0.5, 0.6) is 0 Å². The van der Waals surface area contributed by atoms with Crippen molar-refractivity contribution in [3.8, 4) is 11.4 Å². The van der Waals surface area contributed by atoms with Gasteiger partial charge in [0.2, 0.25) is 0 Å². The van der Waals surface area contributed by atoms with E-state index in [0.717, 1.165) is 0 Å². The number of pyridine rings is 1. The molecule has 0 aliphatic carbocycles. The molecule has 3 rings (SSSR count). The summed E-state index contributed by atoms with van der Waals surface area (Å²) in [5.74, 6) is 0.134. The number of nitrogens with zero attached hydrogens (tertiary/aromatic N) is 4. The molecule has 0 spiro atoms. The molecule has 100 valence electrons. The topological polar surface area (TPSA) is 126 Å². The van der Waals surface area contributed by atoms with Gasteiger partial charge < -0.3 is 10.7 Å². The average molecular weight is 269 g/mol. The van der Waals surface area contributed by atoms with Gasteiger partial charge in [0, 0.05) is 25.0 Å². The van der Waals surface area contributed by atoms with E-state index in [0.29, 0.717) is 22.6 Å². The Balaban J connectivity index is 2.39. The number of fused-ring (bicyclic) bond motifs is 1. The van der Waals surface area contributed by atoms with Crippen LogP contribution >= 0.6 is 0 Å². The molecule has 0 aliphatic heterocycles. The van der Waals surface area contributed by atoms with E-state index in [1.54, 1.807) is 31.6 Å². The summed E-state index contributed by atoms with van der Waals surface area (Å²) < 4.78 is 1.35. The molecule has 0 unspecified atom stereocenters. The van der Waals surface area contributed by atoms with Crippen LogP contribution in [0.1, 0.15) is 5.69 Å². The Kier molecular flexibility index (Phi) is 2.56. The molecule has 3 aromatic rings. The monoisotopic (exact) mass is 269 g/mol. The van der Waals surface area contributed by atoms with Gasteiger partial charge in [-0.25, -0.2) is 14.8 Å². The summed E-state index contributed by atoms with van der Waals surface area (Å²) in [4.78, 5) is 26.9. The third-order valence-electron chi connectivity index (χ3n) is 2.92. The van der Waals surface area contributed by atoms with Crippen molar-refractivity contribution >= 4 is 17.0 Å². The highest BCUT2D eigenvalue weighted by atomic mass is 16.1. The summed E-state index contributed by atoms with van der Waals surface area (Å²) in [5, 5.41) is 7.60. The van der Waals surface area contributed by atoms with Gasteiger partial charge in [-0.1, -0.05) is 0 Å². The first kappa shape index (κ1) is 12.0. The standard InChI is InChI=1S/C12H11N7O/c1-19-11-8(17-12(19)20)7(9(13)14)16-10(18-11)6-3-2-4-15-5-6/h2-5H,1H3,(H3,13,14)(H,17,20). The SMILES string of the molecule is Cn1c(=O)[nH]c2c(C(=N)N)nc(-c3cccnc3)nc21. The molecular formula is C12H11N7O. The second-order valence-corrected chi connectivity index (χ2v) is 4.24. The van der Waals surface area contributed by atoms with Gasteiger partial charge in [-0.15, -0.1) is 0 Å². The van der Waals surface area contributed by atoms with E-state index in [4.69, 9.17) is 11.1 Å². The highest BCUT2D eigenvalue weighted by molar-refractivity contribution is 6.03. The van der Waals surface area contributed by atoms with E-state index >= 15 is 0 Å². The van der Waals surface area contributed by atoms with Crippen LogP contribution in [-0.2, 0) is 7.05 Å². The summed E-state index contributed by atoms with van der Waals surface area (Å²) in [6.45, 7) is 0. The largest absolute Gasteiger partial charge is 0.382 e. The van der Waals surface area contributed by atoms with Gasteiger partial charge in [0.05, 0.1) is 0 Å². The number of rotatable bonds is 2. The highest BCUT2D eigenvalue weighted by Gasteiger charge is 2.16. The van der Waals surface area contributed by atoms with Crippen LogP contribution in [0.25, 0.3) is 22.6 Å². The molecular weight excluding hydrogens is 258 g/mol. The number of aryl methyl sites for hydroxylation is 1. The lowest BCUT2D eigenvalue weighted by Gasteiger charge is -2.04. The Hall–Kier alpha value is -3.03. The lowest BCUT2D eigenvalue weighted by atomic mass is 10.2. The van der Waals surface area contributed by atoms with Crippen molar-refractivity contribution in [2.45, 2.75) is 0 Å². The predicted molar refractivity (Wildman–Crippen MR) is 73.4 cm³/mol. The fraction of sp³-hybridized carbons (Fsp3) is 0.0833. The van der Waals surface area contributed by atoms with Gasteiger partial charge in [0.15, 0.2) is 11.5 Å². The third kappa shape index (κ3) is 1.74. The summed E-state index contributed by atoms with van der Waals surface area (Å²) in [5.41, 5.74) is 6.84. The van der Waals surface area contributed by atoms with Crippen LogP contribution in [0.2, 0.25) is 0 Å². The number of amidine groups is 1. The molecule has 0 saturated carbocycles. The zero-order valence-electron chi connectivity index (χ0n) is 10.6. The van der Waals surface area contributed by atoms with E-state index in [1.807, 2.05) is 0 Å². The highest BCUT2D eigenvalue weighted by Crippen LogP contribution is 2.18. The Morgan fingerprint density at radius 2 is 2.25 bits per heavy atom. The third-order valence-corrected chi connectivity index (χ3v) is 2.92. The molecule has 0 saturated heterocycles. The van der Waals surface area contributed by atoms with Crippen molar-refractivity contribution in [1.82, 2.24) is 24.5 Å². The van der Waals surface area contributed by atoms with E-state index in [-0.39, 0.29) is 17.2 Å². The minimum Gasteiger partial charge on any atom is -0.382 e. The molecule has 0 radical (unpaired) electrons. The Bertz CT molecular complexity index is 863. The molecule has 4 N–H and O–H groups in total. The number of aromatic amines is 1. The lowest BCUT2D eigenvalue weighted by molar-refractivity contribution is 0.878. The second-order valence-electron chi connectivity index (χ2n) is 4.24. The van der Waals surface area contributed by atoms with Gasteiger partial charge in [-0.05, 0) is 12.1 Å². The van der Waals surface area contributed by atoms with Crippen molar-refractivity contribution < 1.29 is 0 Å². The summed E-state index contributed by atoms with van der Waals surface area (Å²) >= 11 is 0. The summed E-state index contributed by atoms with van der Waals surface area (Å²) in [6.07, 6.45) is 3.25. The van der Waals surface area contributed by atoms with E-state index in [9.17, 15) is 4.79 Å². The van der Waals surface area contributed by atoms with Crippen molar-refractivity contribution in [2.75, 3.05) is 0 Å². The van der Waals surface area contributed by atoms with Crippen molar-refractivity contribution in [3.05, 3.63) is 40.7 Å². The molecule has 3 aromatic heterocycles. The summed E-state index contributed by atoms with van der Waals surface area (Å²) in [6, 6.07) is 3.55. The molecule has 0 atom stereocenters. The second kappa shape index (κ2) is 4.26. The molecule has 0 bridgehead atoms. The van der Waals surface area contributed by atoms with Crippen LogP contribution in [0, 0.1) is 5.41 Å². The van der Waals surface area contributed by atoms with Gasteiger partial charge in [-0.2, -0.15) is 0 Å². The first-order chi connectivity index (χ1) is 9.58. The van der Waals surface area contributed by atoms with Crippen molar-refractivity contribution in [3.63, 3.8) is 0 Å². The minimum atomic E-state index is -0.333. The fourth-order valence-electron chi connectivity index (χ4n) is 1.91. The van der Waals surface area contributed by atoms with E-state index in [1.165, 1.54) is 4.57 Å². The molecule has 8 nitrogen and oxygen atoms in total.